The molecule has 2 amide bonds. The van der Waals surface area contributed by atoms with E-state index in [2.05, 4.69) is 11.4 Å². The average molecular weight is 377 g/mol. The quantitative estimate of drug-likeness (QED) is 0.737. The number of aryl methyl sites for hydroxylation is 1. The Labute approximate surface area is 163 Å². The topological polar surface area (TPSA) is 63.6 Å². The highest BCUT2D eigenvalue weighted by molar-refractivity contribution is 5.98. The molecule has 6 nitrogen and oxygen atoms in total. The number of nitrogens with one attached hydrogen (secondary N) is 1. The maximum absolute atomic E-state index is 12.7. The van der Waals surface area contributed by atoms with Gasteiger partial charge in [0, 0.05) is 29.9 Å². The maximum atomic E-state index is 12.7. The fourth-order valence-corrected chi connectivity index (χ4v) is 3.78. The summed E-state index contributed by atoms with van der Waals surface area (Å²) < 4.78 is 7.40. The summed E-state index contributed by atoms with van der Waals surface area (Å²) in [6.07, 6.45) is 1.37. The van der Waals surface area contributed by atoms with Gasteiger partial charge in [0.2, 0.25) is 11.8 Å². The van der Waals surface area contributed by atoms with E-state index in [1.165, 1.54) is 0 Å². The summed E-state index contributed by atoms with van der Waals surface area (Å²) in [5.41, 5.74) is 3.42. The molecule has 1 fully saturated rings. The second-order valence-electron chi connectivity index (χ2n) is 7.01. The van der Waals surface area contributed by atoms with Crippen LogP contribution in [0.1, 0.15) is 18.5 Å². The Bertz CT molecular complexity index is 1050. The number of anilines is 2. The number of ether oxygens (including phenoxy) is 1. The molecule has 2 aromatic carbocycles. The van der Waals surface area contributed by atoms with Crippen molar-refractivity contribution in [3.05, 3.63) is 54.2 Å². The number of fused-ring (bicyclic) bond motifs is 1. The molecule has 0 radical (unpaired) electrons. The molecule has 1 aliphatic rings. The van der Waals surface area contributed by atoms with Crippen molar-refractivity contribution in [1.29, 1.82) is 0 Å². The lowest BCUT2D eigenvalue weighted by molar-refractivity contribution is -0.117. The van der Waals surface area contributed by atoms with Crippen molar-refractivity contribution < 1.29 is 14.3 Å². The third-order valence-corrected chi connectivity index (χ3v) is 5.15. The highest BCUT2D eigenvalue weighted by Crippen LogP contribution is 2.34. The van der Waals surface area contributed by atoms with Crippen molar-refractivity contribution in [3.63, 3.8) is 0 Å². The molecule has 6 heteroatoms. The molecule has 0 unspecified atom stereocenters. The lowest BCUT2D eigenvalue weighted by Gasteiger charge is -2.20. The smallest absolute Gasteiger partial charge is 0.244 e. The van der Waals surface area contributed by atoms with Crippen LogP contribution in [0.2, 0.25) is 0 Å². The first-order valence-corrected chi connectivity index (χ1v) is 9.40. The van der Waals surface area contributed by atoms with Crippen LogP contribution in [-0.4, -0.2) is 30.0 Å². The number of rotatable bonds is 5. The Kier molecular flexibility index (Phi) is 4.77. The van der Waals surface area contributed by atoms with Crippen molar-refractivity contribution in [2.45, 2.75) is 26.3 Å². The van der Waals surface area contributed by atoms with E-state index in [4.69, 9.17) is 4.74 Å². The molecule has 0 aliphatic carbocycles. The van der Waals surface area contributed by atoms with Gasteiger partial charge in [-0.05, 0) is 49.1 Å². The number of methoxy groups -OCH3 is 1. The van der Waals surface area contributed by atoms with Crippen LogP contribution in [0.25, 0.3) is 10.9 Å². The largest absolute Gasteiger partial charge is 0.495 e. The van der Waals surface area contributed by atoms with E-state index in [1.54, 1.807) is 30.2 Å². The highest BCUT2D eigenvalue weighted by Gasteiger charge is 2.25. The number of hydrogen-bond acceptors (Lipinski definition) is 3. The van der Waals surface area contributed by atoms with Crippen LogP contribution in [0.4, 0.5) is 11.4 Å². The first-order valence-electron chi connectivity index (χ1n) is 9.40. The van der Waals surface area contributed by atoms with Gasteiger partial charge in [-0.1, -0.05) is 18.2 Å². The number of para-hydroxylation sites is 1. The maximum Gasteiger partial charge on any atom is 0.244 e. The van der Waals surface area contributed by atoms with Crippen LogP contribution in [0, 0.1) is 6.92 Å². The Morgan fingerprint density at radius 1 is 1.18 bits per heavy atom. The van der Waals surface area contributed by atoms with Crippen molar-refractivity contribution in [2.24, 2.45) is 0 Å². The van der Waals surface area contributed by atoms with Gasteiger partial charge in [0.15, 0.2) is 0 Å². The van der Waals surface area contributed by atoms with Gasteiger partial charge in [-0.15, -0.1) is 0 Å². The number of benzene rings is 2. The van der Waals surface area contributed by atoms with Gasteiger partial charge >= 0.3 is 0 Å². The van der Waals surface area contributed by atoms with Gasteiger partial charge < -0.3 is 19.5 Å². The molecule has 28 heavy (non-hydrogen) atoms. The second kappa shape index (κ2) is 7.38. The molecular weight excluding hydrogens is 354 g/mol. The van der Waals surface area contributed by atoms with E-state index in [1.807, 2.05) is 35.8 Å². The van der Waals surface area contributed by atoms with Crippen LogP contribution in [0.3, 0.4) is 0 Å². The molecule has 3 aromatic rings. The minimum atomic E-state index is -0.117. The summed E-state index contributed by atoms with van der Waals surface area (Å²) in [6.45, 7) is 2.89. The third-order valence-electron chi connectivity index (χ3n) is 5.15. The SMILES string of the molecule is COc1ccc(NC(=O)Cn2c(C)cc3ccccc32)cc1N1CCCC1=O. The molecule has 0 saturated carbocycles. The minimum Gasteiger partial charge on any atom is -0.495 e. The van der Waals surface area contributed by atoms with Gasteiger partial charge in [-0.3, -0.25) is 9.59 Å². The molecular formula is C22H23N3O3. The molecule has 0 spiro atoms. The van der Waals surface area contributed by atoms with Crippen LogP contribution in [0.5, 0.6) is 5.75 Å². The zero-order valence-corrected chi connectivity index (χ0v) is 16.1. The van der Waals surface area contributed by atoms with E-state index in [9.17, 15) is 9.59 Å². The zero-order valence-electron chi connectivity index (χ0n) is 16.1. The summed E-state index contributed by atoms with van der Waals surface area (Å²) in [6, 6.07) is 15.5. The van der Waals surface area contributed by atoms with Crippen LogP contribution >= 0.6 is 0 Å². The monoisotopic (exact) mass is 377 g/mol. The Balaban J connectivity index is 1.56. The third kappa shape index (κ3) is 3.33. The minimum absolute atomic E-state index is 0.0798. The normalized spacial score (nSPS) is 13.9. The van der Waals surface area contributed by atoms with Gasteiger partial charge in [0.25, 0.3) is 0 Å². The fourth-order valence-electron chi connectivity index (χ4n) is 3.78. The number of aromatic nitrogens is 1. The van der Waals surface area contributed by atoms with Gasteiger partial charge in [-0.25, -0.2) is 0 Å². The molecule has 0 bridgehead atoms. The fraction of sp³-hybridized carbons (Fsp3) is 0.273. The van der Waals surface area contributed by atoms with Crippen molar-refractivity contribution >= 4 is 34.1 Å². The molecule has 4 rings (SSSR count). The van der Waals surface area contributed by atoms with Crippen molar-refractivity contribution in [3.8, 4) is 5.75 Å². The van der Waals surface area contributed by atoms with Crippen LogP contribution < -0.4 is 15.0 Å². The summed E-state index contributed by atoms with van der Waals surface area (Å²) >= 11 is 0. The van der Waals surface area contributed by atoms with Gasteiger partial charge in [0.1, 0.15) is 12.3 Å². The highest BCUT2D eigenvalue weighted by atomic mass is 16.5. The van der Waals surface area contributed by atoms with Gasteiger partial charge in [-0.2, -0.15) is 0 Å². The number of nitrogens with zero attached hydrogens (tertiary/aromatic N) is 2. The molecule has 1 aromatic heterocycles. The lowest BCUT2D eigenvalue weighted by atomic mass is 10.2. The average Bonchev–Trinajstić information content (AvgIpc) is 3.25. The van der Waals surface area contributed by atoms with Crippen molar-refractivity contribution in [1.82, 2.24) is 4.57 Å². The van der Waals surface area contributed by atoms with E-state index in [0.29, 0.717) is 30.1 Å². The number of carbonyl (C=O) groups is 2. The summed E-state index contributed by atoms with van der Waals surface area (Å²) in [5.74, 6) is 0.588. The first-order chi connectivity index (χ1) is 13.6. The summed E-state index contributed by atoms with van der Waals surface area (Å²) in [4.78, 5) is 26.5. The van der Waals surface area contributed by atoms with E-state index in [-0.39, 0.29) is 18.4 Å². The number of amides is 2. The molecule has 1 saturated heterocycles. The van der Waals surface area contributed by atoms with Crippen LogP contribution in [-0.2, 0) is 16.1 Å². The number of hydrogen-bond donors (Lipinski definition) is 1. The van der Waals surface area contributed by atoms with Crippen molar-refractivity contribution in [2.75, 3.05) is 23.9 Å². The van der Waals surface area contributed by atoms with E-state index in [0.717, 1.165) is 23.0 Å². The lowest BCUT2D eigenvalue weighted by Crippen LogP contribution is -2.25. The number of carbonyl (C=O) groups excluding carboxylic acids is 2. The molecule has 2 heterocycles. The van der Waals surface area contributed by atoms with E-state index < -0.39 is 0 Å². The molecule has 144 valence electrons. The van der Waals surface area contributed by atoms with E-state index >= 15 is 0 Å². The Hall–Kier alpha value is -3.28. The predicted molar refractivity (Wildman–Crippen MR) is 110 cm³/mol. The standard InChI is InChI=1S/C22H23N3O3/c1-15-12-16-6-3-4-7-18(16)25(15)14-21(26)23-17-9-10-20(28-2)19(13-17)24-11-5-8-22(24)27/h3-4,6-7,9-10,12-13H,5,8,11,14H2,1-2H3,(H,23,26). The first kappa shape index (κ1) is 18.1. The molecule has 0 atom stereocenters. The Morgan fingerprint density at radius 3 is 2.75 bits per heavy atom. The summed E-state index contributed by atoms with van der Waals surface area (Å²) in [7, 11) is 1.58. The Morgan fingerprint density at radius 2 is 2.00 bits per heavy atom. The zero-order chi connectivity index (χ0) is 19.7. The molecule has 1 aliphatic heterocycles. The molecule has 1 N–H and O–H groups in total. The van der Waals surface area contributed by atoms with Gasteiger partial charge in [0.05, 0.1) is 12.8 Å². The summed E-state index contributed by atoms with van der Waals surface area (Å²) in [5, 5.41) is 4.07. The van der Waals surface area contributed by atoms with Crippen LogP contribution in [0.15, 0.2) is 48.5 Å². The second-order valence-corrected chi connectivity index (χ2v) is 7.01. The predicted octanol–water partition coefficient (Wildman–Crippen LogP) is 3.72.